The van der Waals surface area contributed by atoms with Gasteiger partial charge in [-0.2, -0.15) is 4.31 Å². The Morgan fingerprint density at radius 3 is 2.79 bits per heavy atom. The van der Waals surface area contributed by atoms with Gasteiger partial charge in [-0.05, 0) is 31.0 Å². The normalized spacial score (nSPS) is 24.0. The number of halogens is 1. The maximum absolute atomic E-state index is 12.6. The monoisotopic (exact) mass is 303 g/mol. The largest absolute Gasteiger partial charge is 0.377 e. The van der Waals surface area contributed by atoms with Gasteiger partial charge in [0.25, 0.3) is 0 Å². The number of nitrogens with zero attached hydrogens (tertiary/aromatic N) is 1. The van der Waals surface area contributed by atoms with Crippen LogP contribution in [-0.4, -0.2) is 38.5 Å². The molecule has 0 spiro atoms. The molecule has 0 radical (unpaired) electrons. The number of sulfonamides is 1. The van der Waals surface area contributed by atoms with E-state index in [1.54, 1.807) is 25.2 Å². The van der Waals surface area contributed by atoms with Gasteiger partial charge in [-0.15, -0.1) is 11.6 Å². The van der Waals surface area contributed by atoms with Crippen molar-refractivity contribution < 1.29 is 13.2 Å². The number of rotatable bonds is 4. The Hall–Kier alpha value is -0.620. The topological polar surface area (TPSA) is 46.6 Å². The highest BCUT2D eigenvalue weighted by Crippen LogP contribution is 2.25. The third-order valence-corrected chi connectivity index (χ3v) is 5.72. The van der Waals surface area contributed by atoms with Crippen molar-refractivity contribution in [1.82, 2.24) is 4.31 Å². The number of hydrogen-bond donors (Lipinski definition) is 0. The average Bonchev–Trinajstić information content (AvgIpc) is 2.84. The molecule has 1 aromatic rings. The van der Waals surface area contributed by atoms with Gasteiger partial charge in [0.15, 0.2) is 0 Å². The van der Waals surface area contributed by atoms with E-state index in [-0.39, 0.29) is 17.0 Å². The lowest BCUT2D eigenvalue weighted by molar-refractivity contribution is 0.102. The third kappa shape index (κ3) is 2.94. The van der Waals surface area contributed by atoms with E-state index < -0.39 is 10.0 Å². The minimum absolute atomic E-state index is 0.0732. The highest BCUT2D eigenvalue weighted by molar-refractivity contribution is 7.89. The molecule has 106 valence electrons. The average molecular weight is 304 g/mol. The zero-order valence-electron chi connectivity index (χ0n) is 11.0. The van der Waals surface area contributed by atoms with E-state index in [0.29, 0.717) is 12.5 Å². The van der Waals surface area contributed by atoms with Crippen molar-refractivity contribution in [2.75, 3.05) is 13.7 Å². The first-order chi connectivity index (χ1) is 8.96. The van der Waals surface area contributed by atoms with Crippen LogP contribution in [0.3, 0.4) is 0 Å². The van der Waals surface area contributed by atoms with Crippen molar-refractivity contribution in [3.8, 4) is 0 Å². The molecular weight excluding hydrogens is 286 g/mol. The number of ether oxygens (including phenoxy) is 1. The maximum Gasteiger partial charge on any atom is 0.243 e. The Morgan fingerprint density at radius 1 is 1.47 bits per heavy atom. The molecule has 19 heavy (non-hydrogen) atoms. The highest BCUT2D eigenvalue weighted by atomic mass is 35.5. The Bertz CT molecular complexity index is 547. The highest BCUT2D eigenvalue weighted by Gasteiger charge is 2.35. The second kappa shape index (κ2) is 5.79. The first-order valence-electron chi connectivity index (χ1n) is 6.21. The second-order valence-electron chi connectivity index (χ2n) is 4.73. The van der Waals surface area contributed by atoms with Crippen LogP contribution in [0, 0.1) is 0 Å². The maximum atomic E-state index is 12.6. The van der Waals surface area contributed by atoms with Gasteiger partial charge in [0.1, 0.15) is 0 Å². The van der Waals surface area contributed by atoms with Crippen molar-refractivity contribution in [2.45, 2.75) is 36.3 Å². The van der Waals surface area contributed by atoms with Crippen LogP contribution in [-0.2, 0) is 20.6 Å². The molecule has 0 amide bonds. The lowest BCUT2D eigenvalue weighted by Gasteiger charge is -2.26. The number of hydrogen-bond acceptors (Lipinski definition) is 3. The van der Waals surface area contributed by atoms with Crippen LogP contribution in [0.4, 0.5) is 0 Å². The quantitative estimate of drug-likeness (QED) is 0.801. The summed E-state index contributed by atoms with van der Waals surface area (Å²) in [7, 11) is -1.88. The Morgan fingerprint density at radius 2 is 2.21 bits per heavy atom. The summed E-state index contributed by atoms with van der Waals surface area (Å²) in [5.74, 6) is 0.302. The fourth-order valence-electron chi connectivity index (χ4n) is 2.33. The zero-order valence-corrected chi connectivity index (χ0v) is 12.6. The van der Waals surface area contributed by atoms with E-state index in [0.717, 1.165) is 12.0 Å². The van der Waals surface area contributed by atoms with Crippen LogP contribution in [0.2, 0.25) is 0 Å². The molecule has 2 unspecified atom stereocenters. The van der Waals surface area contributed by atoms with Gasteiger partial charge in [-0.25, -0.2) is 8.42 Å². The van der Waals surface area contributed by atoms with Crippen molar-refractivity contribution in [3.05, 3.63) is 29.8 Å². The van der Waals surface area contributed by atoms with Crippen molar-refractivity contribution in [2.24, 2.45) is 0 Å². The summed E-state index contributed by atoms with van der Waals surface area (Å²) in [5, 5.41) is 0. The summed E-state index contributed by atoms with van der Waals surface area (Å²) in [5.41, 5.74) is 0.798. The molecule has 1 saturated heterocycles. The molecule has 1 heterocycles. The van der Waals surface area contributed by atoms with Gasteiger partial charge in [-0.1, -0.05) is 12.1 Å². The minimum Gasteiger partial charge on any atom is -0.377 e. The van der Waals surface area contributed by atoms with Crippen molar-refractivity contribution in [3.63, 3.8) is 0 Å². The molecule has 1 fully saturated rings. The zero-order chi connectivity index (χ0) is 14.0. The van der Waals surface area contributed by atoms with Crippen LogP contribution in [0.25, 0.3) is 0 Å². The predicted octanol–water partition coefficient (Wildman–Crippen LogP) is 2.22. The first kappa shape index (κ1) is 14.8. The van der Waals surface area contributed by atoms with Crippen LogP contribution in [0.15, 0.2) is 29.2 Å². The van der Waals surface area contributed by atoms with Crippen LogP contribution < -0.4 is 0 Å². The summed E-state index contributed by atoms with van der Waals surface area (Å²) in [6, 6.07) is 6.65. The molecule has 6 heteroatoms. The summed E-state index contributed by atoms with van der Waals surface area (Å²) in [4.78, 5) is 0.284. The van der Waals surface area contributed by atoms with Crippen LogP contribution in [0.5, 0.6) is 0 Å². The van der Waals surface area contributed by atoms with E-state index in [9.17, 15) is 8.42 Å². The molecule has 0 N–H and O–H groups in total. The van der Waals surface area contributed by atoms with Crippen LogP contribution >= 0.6 is 11.6 Å². The molecule has 1 aromatic carbocycles. The molecule has 0 saturated carbocycles. The molecule has 1 aliphatic rings. The Kier molecular flexibility index (Phi) is 4.50. The summed E-state index contributed by atoms with van der Waals surface area (Å²) < 4.78 is 32.0. The molecule has 0 aromatic heterocycles. The first-order valence-corrected chi connectivity index (χ1v) is 8.19. The predicted molar refractivity (Wildman–Crippen MR) is 74.8 cm³/mol. The van der Waals surface area contributed by atoms with E-state index >= 15 is 0 Å². The van der Waals surface area contributed by atoms with Crippen molar-refractivity contribution in [1.29, 1.82) is 0 Å². The molecule has 2 rings (SSSR count). The molecule has 4 nitrogen and oxygen atoms in total. The smallest absolute Gasteiger partial charge is 0.243 e. The van der Waals surface area contributed by atoms with E-state index in [4.69, 9.17) is 16.3 Å². The third-order valence-electron chi connectivity index (χ3n) is 3.53. The van der Waals surface area contributed by atoms with E-state index in [1.165, 1.54) is 4.31 Å². The molecule has 1 aliphatic heterocycles. The number of benzene rings is 1. The lowest BCUT2D eigenvalue weighted by Crippen LogP contribution is -2.40. The van der Waals surface area contributed by atoms with Gasteiger partial charge in [0, 0.05) is 19.5 Å². The Balaban J connectivity index is 2.30. The standard InChI is InChI=1S/C13H18ClNO3S/c1-10-13(6-7-18-10)15(2)19(16,17)12-5-3-4-11(8-12)9-14/h3-5,8,10,13H,6-7,9H2,1-2H3. The molecular formula is C13H18ClNO3S. The van der Waals surface area contributed by atoms with Gasteiger partial charge in [0.2, 0.25) is 10.0 Å². The fraction of sp³-hybridized carbons (Fsp3) is 0.538. The van der Waals surface area contributed by atoms with E-state index in [2.05, 4.69) is 0 Å². The van der Waals surface area contributed by atoms with Gasteiger partial charge in [0.05, 0.1) is 17.0 Å². The fourth-order valence-corrected chi connectivity index (χ4v) is 4.01. The van der Waals surface area contributed by atoms with Gasteiger partial charge < -0.3 is 4.74 Å². The van der Waals surface area contributed by atoms with Gasteiger partial charge >= 0.3 is 0 Å². The van der Waals surface area contributed by atoms with Gasteiger partial charge in [-0.3, -0.25) is 0 Å². The molecule has 2 atom stereocenters. The number of likely N-dealkylation sites (N-methyl/N-ethyl adjacent to an activating group) is 1. The van der Waals surface area contributed by atoms with Crippen molar-refractivity contribution >= 4 is 21.6 Å². The second-order valence-corrected chi connectivity index (χ2v) is 7.00. The van der Waals surface area contributed by atoms with E-state index in [1.807, 2.05) is 13.0 Å². The molecule has 0 aliphatic carbocycles. The summed E-state index contributed by atoms with van der Waals surface area (Å²) in [6.07, 6.45) is 0.655. The number of alkyl halides is 1. The van der Waals surface area contributed by atoms with Crippen LogP contribution in [0.1, 0.15) is 18.9 Å². The molecule has 0 bridgehead atoms. The summed E-state index contributed by atoms with van der Waals surface area (Å²) in [6.45, 7) is 2.51. The summed E-state index contributed by atoms with van der Waals surface area (Å²) >= 11 is 5.75. The SMILES string of the molecule is CC1OCCC1N(C)S(=O)(=O)c1cccc(CCl)c1. The Labute approximate surface area is 119 Å². The lowest BCUT2D eigenvalue weighted by atomic mass is 10.2. The minimum atomic E-state index is -3.49.